The van der Waals surface area contributed by atoms with Gasteiger partial charge in [-0.2, -0.15) is 0 Å². The van der Waals surface area contributed by atoms with Gasteiger partial charge in [0.2, 0.25) is 11.8 Å². The first-order valence-corrected chi connectivity index (χ1v) is 10.5. The Morgan fingerprint density at radius 2 is 2.09 bits per heavy atom. The molecule has 0 aromatic rings. The first kappa shape index (κ1) is 18.2. The van der Waals surface area contributed by atoms with E-state index in [2.05, 4.69) is 0 Å². The molecule has 0 aromatic heterocycles. The van der Waals surface area contributed by atoms with Gasteiger partial charge in [-0.05, 0) is 25.7 Å². The molecule has 0 bridgehead atoms. The highest BCUT2D eigenvalue weighted by Gasteiger charge is 2.35. The van der Waals surface area contributed by atoms with E-state index in [-0.39, 0.29) is 35.9 Å². The van der Waals surface area contributed by atoms with E-state index < -0.39 is 9.84 Å². The van der Waals surface area contributed by atoms with Crippen molar-refractivity contribution >= 4 is 21.7 Å². The van der Waals surface area contributed by atoms with Crippen LogP contribution in [0.25, 0.3) is 0 Å². The van der Waals surface area contributed by atoms with Gasteiger partial charge in [-0.25, -0.2) is 8.42 Å². The van der Waals surface area contributed by atoms with Gasteiger partial charge >= 0.3 is 0 Å². The van der Waals surface area contributed by atoms with Crippen molar-refractivity contribution in [1.82, 2.24) is 9.80 Å². The van der Waals surface area contributed by atoms with Crippen LogP contribution in [0.5, 0.6) is 0 Å². The predicted molar refractivity (Wildman–Crippen MR) is 88.7 cm³/mol. The summed E-state index contributed by atoms with van der Waals surface area (Å²) in [5.74, 6) is 0.174. The van der Waals surface area contributed by atoms with Crippen LogP contribution in [0, 0.1) is 0 Å². The number of nitrogens with zero attached hydrogens (tertiary/aromatic N) is 2. The Balaban J connectivity index is 2.02. The molecule has 2 amide bonds. The Labute approximate surface area is 139 Å². The Hall–Kier alpha value is -1.11. The van der Waals surface area contributed by atoms with Crippen LogP contribution in [0.15, 0.2) is 0 Å². The van der Waals surface area contributed by atoms with Crippen LogP contribution in [-0.4, -0.2) is 67.2 Å². The van der Waals surface area contributed by atoms with E-state index in [0.717, 1.165) is 32.1 Å². The molecule has 2 rings (SSSR count). The molecule has 2 fully saturated rings. The standard InChI is InChI=1S/C16H28N2O4S/c1-2-3-10-18(14-8-11-23(21,22)13-14)16(20)12-17-9-6-4-5-7-15(17)19/h14H,2-13H2,1H3. The molecular formula is C16H28N2O4S. The largest absolute Gasteiger partial charge is 0.337 e. The fraction of sp³-hybridized carbons (Fsp3) is 0.875. The highest BCUT2D eigenvalue weighted by molar-refractivity contribution is 7.91. The molecule has 2 aliphatic heterocycles. The van der Waals surface area contributed by atoms with Gasteiger partial charge in [0.1, 0.15) is 0 Å². The number of hydrogen-bond donors (Lipinski definition) is 0. The number of sulfone groups is 1. The van der Waals surface area contributed by atoms with E-state index >= 15 is 0 Å². The van der Waals surface area contributed by atoms with Gasteiger partial charge in [0.05, 0.1) is 18.1 Å². The van der Waals surface area contributed by atoms with Crippen molar-refractivity contribution in [2.24, 2.45) is 0 Å². The Bertz CT molecular complexity index is 532. The highest BCUT2D eigenvalue weighted by atomic mass is 32.2. The van der Waals surface area contributed by atoms with Gasteiger partial charge in [0.25, 0.3) is 0 Å². The molecule has 1 unspecified atom stereocenters. The SMILES string of the molecule is CCCCN(C(=O)CN1CCCCCC1=O)C1CCS(=O)(=O)C1. The van der Waals surface area contributed by atoms with E-state index in [9.17, 15) is 18.0 Å². The average Bonchev–Trinajstić information content (AvgIpc) is 2.73. The molecular weight excluding hydrogens is 316 g/mol. The summed E-state index contributed by atoms with van der Waals surface area (Å²) in [5, 5.41) is 0. The first-order valence-electron chi connectivity index (χ1n) is 8.70. The molecule has 132 valence electrons. The monoisotopic (exact) mass is 344 g/mol. The third-order valence-corrected chi connectivity index (χ3v) is 6.47. The third-order valence-electron chi connectivity index (χ3n) is 4.72. The summed E-state index contributed by atoms with van der Waals surface area (Å²) in [6.07, 6.45) is 5.69. The van der Waals surface area contributed by atoms with Crippen LogP contribution >= 0.6 is 0 Å². The third kappa shape index (κ3) is 5.19. The van der Waals surface area contributed by atoms with Crippen molar-refractivity contribution in [2.45, 2.75) is 57.9 Å². The molecule has 0 aromatic carbocycles. The molecule has 6 nitrogen and oxygen atoms in total. The molecule has 0 N–H and O–H groups in total. The van der Waals surface area contributed by atoms with E-state index in [1.807, 2.05) is 6.92 Å². The summed E-state index contributed by atoms with van der Waals surface area (Å²) >= 11 is 0. The zero-order valence-electron chi connectivity index (χ0n) is 14.0. The number of hydrogen-bond acceptors (Lipinski definition) is 4. The van der Waals surface area contributed by atoms with E-state index in [1.54, 1.807) is 9.80 Å². The maximum atomic E-state index is 12.7. The second-order valence-electron chi connectivity index (χ2n) is 6.62. The lowest BCUT2D eigenvalue weighted by molar-refractivity contribution is -0.141. The lowest BCUT2D eigenvalue weighted by Crippen LogP contribution is -2.48. The molecule has 2 heterocycles. The minimum absolute atomic E-state index is 0.0466. The zero-order valence-corrected chi connectivity index (χ0v) is 14.8. The topological polar surface area (TPSA) is 74.8 Å². The van der Waals surface area contributed by atoms with Crippen LogP contribution in [0.3, 0.4) is 0 Å². The Morgan fingerprint density at radius 1 is 1.30 bits per heavy atom. The van der Waals surface area contributed by atoms with E-state index in [4.69, 9.17) is 0 Å². The minimum Gasteiger partial charge on any atom is -0.337 e. The maximum absolute atomic E-state index is 12.7. The lowest BCUT2D eigenvalue weighted by atomic mass is 10.2. The second kappa shape index (κ2) is 8.13. The smallest absolute Gasteiger partial charge is 0.242 e. The van der Waals surface area contributed by atoms with Gasteiger partial charge in [-0.3, -0.25) is 9.59 Å². The lowest BCUT2D eigenvalue weighted by Gasteiger charge is -2.31. The van der Waals surface area contributed by atoms with Gasteiger partial charge in [-0.1, -0.05) is 19.8 Å². The summed E-state index contributed by atoms with van der Waals surface area (Å²) in [4.78, 5) is 28.1. The van der Waals surface area contributed by atoms with E-state index in [1.165, 1.54) is 0 Å². The van der Waals surface area contributed by atoms with Gasteiger partial charge in [0.15, 0.2) is 9.84 Å². The minimum atomic E-state index is -3.02. The normalized spacial score (nSPS) is 24.5. The van der Waals surface area contributed by atoms with E-state index in [0.29, 0.717) is 25.9 Å². The number of carbonyl (C=O) groups is 2. The Kier molecular flexibility index (Phi) is 6.44. The fourth-order valence-electron chi connectivity index (χ4n) is 3.32. The number of rotatable bonds is 6. The summed E-state index contributed by atoms with van der Waals surface area (Å²) < 4.78 is 23.5. The first-order chi connectivity index (χ1) is 10.9. The number of likely N-dealkylation sites (tertiary alicyclic amines) is 1. The summed E-state index contributed by atoms with van der Waals surface area (Å²) in [6, 6.07) is -0.221. The van der Waals surface area contributed by atoms with Crippen LogP contribution in [-0.2, 0) is 19.4 Å². The van der Waals surface area contributed by atoms with Crippen molar-refractivity contribution in [1.29, 1.82) is 0 Å². The van der Waals surface area contributed by atoms with Crippen molar-refractivity contribution in [2.75, 3.05) is 31.1 Å². The van der Waals surface area contributed by atoms with Gasteiger partial charge in [0, 0.05) is 25.6 Å². The molecule has 0 saturated carbocycles. The molecule has 0 spiro atoms. The quantitative estimate of drug-likeness (QED) is 0.726. The van der Waals surface area contributed by atoms with Crippen LogP contribution in [0.2, 0.25) is 0 Å². The van der Waals surface area contributed by atoms with Crippen LogP contribution < -0.4 is 0 Å². The number of carbonyl (C=O) groups excluding carboxylic acids is 2. The second-order valence-corrected chi connectivity index (χ2v) is 8.85. The molecule has 7 heteroatoms. The summed E-state index contributed by atoms with van der Waals surface area (Å²) in [6.45, 7) is 3.36. The highest BCUT2D eigenvalue weighted by Crippen LogP contribution is 2.19. The number of unbranched alkanes of at least 4 members (excludes halogenated alkanes) is 1. The fourth-order valence-corrected chi connectivity index (χ4v) is 5.05. The van der Waals surface area contributed by atoms with Crippen molar-refractivity contribution < 1.29 is 18.0 Å². The van der Waals surface area contributed by atoms with Gasteiger partial charge in [-0.15, -0.1) is 0 Å². The summed E-state index contributed by atoms with van der Waals surface area (Å²) in [7, 11) is -3.02. The Morgan fingerprint density at radius 3 is 2.74 bits per heavy atom. The van der Waals surface area contributed by atoms with Gasteiger partial charge < -0.3 is 9.80 Å². The van der Waals surface area contributed by atoms with Crippen LogP contribution in [0.4, 0.5) is 0 Å². The molecule has 2 saturated heterocycles. The predicted octanol–water partition coefficient (Wildman–Crippen LogP) is 1.20. The average molecular weight is 344 g/mol. The molecule has 23 heavy (non-hydrogen) atoms. The van der Waals surface area contributed by atoms with Crippen molar-refractivity contribution in [3.8, 4) is 0 Å². The maximum Gasteiger partial charge on any atom is 0.242 e. The molecule has 0 aliphatic carbocycles. The number of amides is 2. The van der Waals surface area contributed by atoms with Crippen LogP contribution in [0.1, 0.15) is 51.9 Å². The molecule has 1 atom stereocenters. The summed E-state index contributed by atoms with van der Waals surface area (Å²) in [5.41, 5.74) is 0. The molecule has 0 radical (unpaired) electrons. The van der Waals surface area contributed by atoms with Crippen molar-refractivity contribution in [3.63, 3.8) is 0 Å². The zero-order chi connectivity index (χ0) is 16.9. The van der Waals surface area contributed by atoms with Crippen molar-refractivity contribution in [3.05, 3.63) is 0 Å². The molecule has 2 aliphatic rings.